The van der Waals surface area contributed by atoms with Crippen LogP contribution < -0.4 is 19.5 Å². The first-order valence-electron chi connectivity index (χ1n) is 9.26. The first-order valence-corrected chi connectivity index (χ1v) is 9.26. The largest absolute Gasteiger partial charge is 0.454 e. The van der Waals surface area contributed by atoms with Gasteiger partial charge in [-0.3, -0.25) is 4.79 Å². The Morgan fingerprint density at radius 3 is 2.78 bits per heavy atom. The third-order valence-electron chi connectivity index (χ3n) is 5.24. The van der Waals surface area contributed by atoms with Crippen molar-refractivity contribution in [2.75, 3.05) is 26.9 Å². The molecule has 1 aromatic carbocycles. The molecule has 2 atom stereocenters. The molecular formula is C19H26F2N2O4. The number of nitrogens with one attached hydrogen (secondary N) is 1. The summed E-state index contributed by atoms with van der Waals surface area (Å²) in [6.07, 6.45) is 2.68. The summed E-state index contributed by atoms with van der Waals surface area (Å²) in [4.78, 5) is 14.2. The average molecular weight is 384 g/mol. The Labute approximate surface area is 157 Å². The first kappa shape index (κ1) is 19.7. The van der Waals surface area contributed by atoms with Gasteiger partial charge in [0.1, 0.15) is 5.75 Å². The number of rotatable bonds is 7. The fourth-order valence-electron chi connectivity index (χ4n) is 3.60. The molecule has 0 radical (unpaired) electrons. The number of fused-ring (bicyclic) bond motifs is 1. The van der Waals surface area contributed by atoms with Gasteiger partial charge in [-0.1, -0.05) is 6.92 Å². The summed E-state index contributed by atoms with van der Waals surface area (Å²) in [6.45, 7) is 1.31. The number of halogens is 2. The van der Waals surface area contributed by atoms with Crippen LogP contribution in [-0.4, -0.2) is 44.3 Å². The minimum atomic E-state index is -2.95. The maximum Gasteiger partial charge on any atom is 0.387 e. The van der Waals surface area contributed by atoms with E-state index in [0.717, 1.165) is 25.9 Å². The molecule has 1 amide bonds. The number of hydrogen-bond acceptors (Lipinski definition) is 5. The van der Waals surface area contributed by atoms with Gasteiger partial charge in [0.05, 0.1) is 0 Å². The lowest BCUT2D eigenvalue weighted by atomic mass is 9.85. The summed E-state index contributed by atoms with van der Waals surface area (Å²) in [5.74, 6) is 1.56. The number of ether oxygens (including phenoxy) is 3. The average Bonchev–Trinajstić information content (AvgIpc) is 3.09. The van der Waals surface area contributed by atoms with E-state index in [1.807, 2.05) is 0 Å². The van der Waals surface area contributed by atoms with Crippen molar-refractivity contribution < 1.29 is 27.8 Å². The van der Waals surface area contributed by atoms with Crippen molar-refractivity contribution in [3.63, 3.8) is 0 Å². The van der Waals surface area contributed by atoms with Gasteiger partial charge < -0.3 is 24.4 Å². The van der Waals surface area contributed by atoms with Crippen LogP contribution in [0.2, 0.25) is 0 Å². The Morgan fingerprint density at radius 1 is 1.37 bits per heavy atom. The van der Waals surface area contributed by atoms with Crippen molar-refractivity contribution in [3.8, 4) is 17.2 Å². The van der Waals surface area contributed by atoms with Gasteiger partial charge in [0, 0.05) is 31.6 Å². The molecule has 27 heavy (non-hydrogen) atoms. The number of benzene rings is 1. The fourth-order valence-corrected chi connectivity index (χ4v) is 3.60. The molecule has 8 heteroatoms. The predicted molar refractivity (Wildman–Crippen MR) is 95.0 cm³/mol. The second kappa shape index (κ2) is 8.73. The number of hydrogen-bond donors (Lipinski definition) is 1. The summed E-state index contributed by atoms with van der Waals surface area (Å²) in [6, 6.07) is 2.98. The van der Waals surface area contributed by atoms with Crippen LogP contribution in [0, 0.1) is 11.8 Å². The lowest BCUT2D eigenvalue weighted by molar-refractivity contribution is -0.131. The highest BCUT2D eigenvalue weighted by Crippen LogP contribution is 2.39. The molecule has 0 bridgehead atoms. The van der Waals surface area contributed by atoms with E-state index in [1.54, 1.807) is 18.0 Å². The number of nitrogens with zero attached hydrogens (tertiary/aromatic N) is 1. The number of carbonyl (C=O) groups is 1. The molecule has 0 aromatic heterocycles. The van der Waals surface area contributed by atoms with E-state index in [0.29, 0.717) is 29.4 Å². The van der Waals surface area contributed by atoms with Crippen molar-refractivity contribution in [1.29, 1.82) is 0 Å². The van der Waals surface area contributed by atoms with Crippen LogP contribution >= 0.6 is 0 Å². The normalized spacial score (nSPS) is 19.8. The second-order valence-electron chi connectivity index (χ2n) is 7.23. The van der Waals surface area contributed by atoms with Gasteiger partial charge in [0.2, 0.25) is 12.7 Å². The van der Waals surface area contributed by atoms with Gasteiger partial charge in [-0.25, -0.2) is 0 Å². The highest BCUT2D eigenvalue weighted by atomic mass is 19.3. The van der Waals surface area contributed by atoms with E-state index in [9.17, 15) is 13.6 Å². The Bertz CT molecular complexity index is 665. The van der Waals surface area contributed by atoms with Crippen LogP contribution in [0.5, 0.6) is 17.2 Å². The Hall–Kier alpha value is -2.09. The molecule has 1 aromatic rings. The predicted octanol–water partition coefficient (Wildman–Crippen LogP) is 3.00. The molecule has 1 fully saturated rings. The summed E-state index contributed by atoms with van der Waals surface area (Å²) < 4.78 is 40.6. The van der Waals surface area contributed by atoms with Gasteiger partial charge in [-0.05, 0) is 43.8 Å². The van der Waals surface area contributed by atoms with Crippen molar-refractivity contribution in [2.24, 2.45) is 11.8 Å². The van der Waals surface area contributed by atoms with E-state index in [4.69, 9.17) is 9.47 Å². The van der Waals surface area contributed by atoms with Crippen molar-refractivity contribution in [3.05, 3.63) is 17.7 Å². The Balaban J connectivity index is 1.65. The molecule has 1 N–H and O–H groups in total. The molecule has 2 aliphatic heterocycles. The van der Waals surface area contributed by atoms with Crippen LogP contribution in [0.4, 0.5) is 8.78 Å². The molecule has 3 rings (SSSR count). The van der Waals surface area contributed by atoms with E-state index < -0.39 is 6.61 Å². The number of carbonyl (C=O) groups excluding carboxylic acids is 1. The minimum absolute atomic E-state index is 0.00145. The van der Waals surface area contributed by atoms with Gasteiger partial charge in [0.15, 0.2) is 11.5 Å². The third-order valence-corrected chi connectivity index (χ3v) is 5.24. The van der Waals surface area contributed by atoms with Crippen molar-refractivity contribution in [1.82, 2.24) is 10.2 Å². The summed E-state index contributed by atoms with van der Waals surface area (Å²) in [5.41, 5.74) is 0.461. The monoisotopic (exact) mass is 384 g/mol. The quantitative estimate of drug-likeness (QED) is 0.783. The van der Waals surface area contributed by atoms with Gasteiger partial charge >= 0.3 is 6.61 Å². The van der Waals surface area contributed by atoms with Gasteiger partial charge in [0.25, 0.3) is 0 Å². The first-order chi connectivity index (χ1) is 12.9. The van der Waals surface area contributed by atoms with Crippen LogP contribution in [0.15, 0.2) is 12.1 Å². The van der Waals surface area contributed by atoms with Crippen LogP contribution in [-0.2, 0) is 11.3 Å². The van der Waals surface area contributed by atoms with E-state index in [-0.39, 0.29) is 30.9 Å². The van der Waals surface area contributed by atoms with E-state index in [1.165, 1.54) is 6.07 Å². The van der Waals surface area contributed by atoms with Gasteiger partial charge in [-0.15, -0.1) is 0 Å². The summed E-state index contributed by atoms with van der Waals surface area (Å²) in [7, 11) is 1.67. The van der Waals surface area contributed by atoms with Crippen LogP contribution in [0.1, 0.15) is 31.7 Å². The number of amides is 1. The highest BCUT2D eigenvalue weighted by molar-refractivity contribution is 5.76. The number of piperidine rings is 1. The van der Waals surface area contributed by atoms with Crippen LogP contribution in [0.3, 0.4) is 0 Å². The zero-order chi connectivity index (χ0) is 19.4. The molecule has 0 spiro atoms. The Kier molecular flexibility index (Phi) is 6.36. The SMILES string of the molecule is CC(CC(=O)N(C)Cc1cc2c(cc1OC(F)F)OCO2)C1CCCNC1. The maximum atomic E-state index is 12.7. The molecular weight excluding hydrogens is 358 g/mol. The topological polar surface area (TPSA) is 60.0 Å². The molecule has 150 valence electrons. The second-order valence-corrected chi connectivity index (χ2v) is 7.23. The highest BCUT2D eigenvalue weighted by Gasteiger charge is 2.25. The fraction of sp³-hybridized carbons (Fsp3) is 0.632. The molecule has 1 saturated heterocycles. The lowest BCUT2D eigenvalue weighted by Gasteiger charge is -2.29. The molecule has 0 aliphatic carbocycles. The third kappa shape index (κ3) is 5.00. The molecule has 0 saturated carbocycles. The van der Waals surface area contributed by atoms with E-state index >= 15 is 0 Å². The van der Waals surface area contributed by atoms with Crippen LogP contribution in [0.25, 0.3) is 0 Å². The standard InChI is InChI=1S/C19H26F2N2O4/c1-12(13-4-3-5-22-9-13)6-18(24)23(2)10-14-7-16-17(26-11-25-16)8-15(14)27-19(20)21/h7-8,12-13,19,22H,3-6,9-11H2,1-2H3. The zero-order valence-electron chi connectivity index (χ0n) is 15.7. The molecule has 2 aliphatic rings. The minimum Gasteiger partial charge on any atom is -0.454 e. The summed E-state index contributed by atoms with van der Waals surface area (Å²) in [5, 5.41) is 3.37. The summed E-state index contributed by atoms with van der Waals surface area (Å²) >= 11 is 0. The molecule has 6 nitrogen and oxygen atoms in total. The molecule has 2 heterocycles. The van der Waals surface area contributed by atoms with Gasteiger partial charge in [-0.2, -0.15) is 8.78 Å². The van der Waals surface area contributed by atoms with E-state index in [2.05, 4.69) is 17.0 Å². The lowest BCUT2D eigenvalue weighted by Crippen LogP contribution is -2.36. The Morgan fingerprint density at radius 2 is 2.11 bits per heavy atom. The molecule has 2 unspecified atom stereocenters. The zero-order valence-corrected chi connectivity index (χ0v) is 15.7. The van der Waals surface area contributed by atoms with Crippen molar-refractivity contribution in [2.45, 2.75) is 39.3 Å². The smallest absolute Gasteiger partial charge is 0.387 e. The van der Waals surface area contributed by atoms with Crippen molar-refractivity contribution >= 4 is 5.91 Å². The maximum absolute atomic E-state index is 12.7. The number of alkyl halides is 2.